The molecule has 2 unspecified atom stereocenters. The number of carbonyl (C=O) groups is 1. The monoisotopic (exact) mass is 268 g/mol. The third-order valence-electron chi connectivity index (χ3n) is 2.48. The molecule has 1 aliphatic rings. The van der Waals surface area contributed by atoms with Crippen molar-refractivity contribution in [1.82, 2.24) is 10.6 Å². The van der Waals surface area contributed by atoms with Crippen LogP contribution >= 0.6 is 15.9 Å². The number of hydrogen-bond acceptors (Lipinski definition) is 2. The summed E-state index contributed by atoms with van der Waals surface area (Å²) in [5.74, 6) is 0.0519. The van der Waals surface area contributed by atoms with E-state index >= 15 is 0 Å². The summed E-state index contributed by atoms with van der Waals surface area (Å²) >= 11 is 3.37. The molecule has 0 radical (unpaired) electrons. The Labute approximate surface area is 97.4 Å². The number of carbonyl (C=O) groups excluding carboxylic acids is 1. The van der Waals surface area contributed by atoms with E-state index in [-0.39, 0.29) is 18.0 Å². The van der Waals surface area contributed by atoms with Gasteiger partial charge in [0.05, 0.1) is 0 Å². The highest BCUT2D eigenvalue weighted by atomic mass is 79.9. The van der Waals surface area contributed by atoms with Crippen LogP contribution in [0.1, 0.15) is 18.5 Å². The SMILES string of the molecule is CC1CNC(c2ccc(Br)cc2)C(=O)N1. The van der Waals surface area contributed by atoms with Crippen LogP contribution in [0.3, 0.4) is 0 Å². The Hall–Kier alpha value is -0.870. The molecule has 0 spiro atoms. The van der Waals surface area contributed by atoms with Gasteiger partial charge in [0.1, 0.15) is 6.04 Å². The second-order valence-corrected chi connectivity index (χ2v) is 4.72. The van der Waals surface area contributed by atoms with Crippen LogP contribution in [0.4, 0.5) is 0 Å². The second-order valence-electron chi connectivity index (χ2n) is 3.80. The van der Waals surface area contributed by atoms with E-state index in [0.717, 1.165) is 16.6 Å². The summed E-state index contributed by atoms with van der Waals surface area (Å²) < 4.78 is 1.02. The van der Waals surface area contributed by atoms with Crippen molar-refractivity contribution in [2.24, 2.45) is 0 Å². The van der Waals surface area contributed by atoms with Crippen molar-refractivity contribution >= 4 is 21.8 Å². The molecule has 0 aromatic heterocycles. The fourth-order valence-electron chi connectivity index (χ4n) is 1.69. The molecule has 2 rings (SSSR count). The summed E-state index contributed by atoms with van der Waals surface area (Å²) in [6, 6.07) is 7.80. The van der Waals surface area contributed by atoms with Gasteiger partial charge < -0.3 is 10.6 Å². The molecule has 1 fully saturated rings. The molecule has 3 nitrogen and oxygen atoms in total. The quantitative estimate of drug-likeness (QED) is 0.813. The van der Waals surface area contributed by atoms with Crippen molar-refractivity contribution in [2.75, 3.05) is 6.54 Å². The summed E-state index contributed by atoms with van der Waals surface area (Å²) in [7, 11) is 0. The van der Waals surface area contributed by atoms with Crippen molar-refractivity contribution in [3.05, 3.63) is 34.3 Å². The first-order valence-electron chi connectivity index (χ1n) is 4.96. The van der Waals surface area contributed by atoms with Gasteiger partial charge in [0.2, 0.25) is 5.91 Å². The Morgan fingerprint density at radius 3 is 2.60 bits per heavy atom. The van der Waals surface area contributed by atoms with Crippen LogP contribution in [0.5, 0.6) is 0 Å². The number of rotatable bonds is 1. The molecule has 1 amide bonds. The number of piperazine rings is 1. The van der Waals surface area contributed by atoms with Crippen LogP contribution in [0.15, 0.2) is 28.7 Å². The van der Waals surface area contributed by atoms with Crippen molar-refractivity contribution in [1.29, 1.82) is 0 Å². The van der Waals surface area contributed by atoms with Gasteiger partial charge in [-0.3, -0.25) is 4.79 Å². The number of nitrogens with one attached hydrogen (secondary N) is 2. The standard InChI is InChI=1S/C11H13BrN2O/c1-7-6-13-10(11(15)14-7)8-2-4-9(12)5-3-8/h2-5,7,10,13H,6H2,1H3,(H,14,15). The zero-order valence-electron chi connectivity index (χ0n) is 8.46. The molecule has 1 aromatic carbocycles. The first-order chi connectivity index (χ1) is 7.16. The highest BCUT2D eigenvalue weighted by Crippen LogP contribution is 2.18. The molecule has 2 atom stereocenters. The molecule has 2 N–H and O–H groups in total. The highest BCUT2D eigenvalue weighted by Gasteiger charge is 2.26. The predicted octanol–water partition coefficient (Wildman–Crippen LogP) is 1.60. The van der Waals surface area contributed by atoms with Gasteiger partial charge in [0.25, 0.3) is 0 Å². The van der Waals surface area contributed by atoms with Crippen LogP contribution in [0.25, 0.3) is 0 Å². The van der Waals surface area contributed by atoms with Gasteiger partial charge in [-0.15, -0.1) is 0 Å². The maximum Gasteiger partial charge on any atom is 0.241 e. The molecular formula is C11H13BrN2O. The van der Waals surface area contributed by atoms with Gasteiger partial charge in [-0.25, -0.2) is 0 Å². The lowest BCUT2D eigenvalue weighted by atomic mass is 10.0. The minimum Gasteiger partial charge on any atom is -0.351 e. The Morgan fingerprint density at radius 1 is 1.33 bits per heavy atom. The van der Waals surface area contributed by atoms with E-state index < -0.39 is 0 Å². The number of halogens is 1. The summed E-state index contributed by atoms with van der Waals surface area (Å²) in [5, 5.41) is 6.16. The van der Waals surface area contributed by atoms with Gasteiger partial charge in [-0.2, -0.15) is 0 Å². The van der Waals surface area contributed by atoms with Crippen LogP contribution in [0, 0.1) is 0 Å². The average Bonchev–Trinajstić information content (AvgIpc) is 2.20. The maximum atomic E-state index is 11.7. The molecule has 4 heteroatoms. The summed E-state index contributed by atoms with van der Waals surface area (Å²) in [5.41, 5.74) is 1.00. The molecular weight excluding hydrogens is 256 g/mol. The molecule has 80 valence electrons. The van der Waals surface area contributed by atoms with E-state index in [4.69, 9.17) is 0 Å². The van der Waals surface area contributed by atoms with E-state index in [1.165, 1.54) is 0 Å². The lowest BCUT2D eigenvalue weighted by Crippen LogP contribution is -2.52. The second kappa shape index (κ2) is 4.33. The van der Waals surface area contributed by atoms with E-state index in [9.17, 15) is 4.79 Å². The zero-order chi connectivity index (χ0) is 10.8. The van der Waals surface area contributed by atoms with Gasteiger partial charge in [-0.1, -0.05) is 28.1 Å². The molecule has 1 heterocycles. The first kappa shape index (κ1) is 10.6. The van der Waals surface area contributed by atoms with Gasteiger partial charge in [-0.05, 0) is 24.6 Å². The molecule has 1 saturated heterocycles. The van der Waals surface area contributed by atoms with Crippen LogP contribution in [-0.2, 0) is 4.79 Å². The minimum absolute atomic E-state index is 0.0519. The smallest absolute Gasteiger partial charge is 0.241 e. The molecule has 15 heavy (non-hydrogen) atoms. The van der Waals surface area contributed by atoms with Gasteiger partial charge in [0.15, 0.2) is 0 Å². The lowest BCUT2D eigenvalue weighted by molar-refractivity contribution is -0.125. The number of amides is 1. The third-order valence-corrected chi connectivity index (χ3v) is 3.01. The summed E-state index contributed by atoms with van der Waals surface area (Å²) in [6.07, 6.45) is 0. The molecule has 0 aliphatic carbocycles. The van der Waals surface area contributed by atoms with E-state index in [1.54, 1.807) is 0 Å². The first-order valence-corrected chi connectivity index (χ1v) is 5.75. The van der Waals surface area contributed by atoms with E-state index in [0.29, 0.717) is 0 Å². The molecule has 1 aromatic rings. The average molecular weight is 269 g/mol. The lowest BCUT2D eigenvalue weighted by Gasteiger charge is -2.28. The Balaban J connectivity index is 2.17. The fourth-order valence-corrected chi connectivity index (χ4v) is 1.95. The molecule has 1 aliphatic heterocycles. The van der Waals surface area contributed by atoms with Crippen molar-refractivity contribution in [3.8, 4) is 0 Å². The van der Waals surface area contributed by atoms with Crippen LogP contribution in [-0.4, -0.2) is 18.5 Å². The Morgan fingerprint density at radius 2 is 2.00 bits per heavy atom. The van der Waals surface area contributed by atoms with E-state index in [1.807, 2.05) is 31.2 Å². The third kappa shape index (κ3) is 2.38. The Kier molecular flexibility index (Phi) is 3.07. The van der Waals surface area contributed by atoms with Gasteiger partial charge in [0, 0.05) is 17.1 Å². The summed E-state index contributed by atoms with van der Waals surface area (Å²) in [4.78, 5) is 11.7. The number of hydrogen-bond donors (Lipinski definition) is 2. The topological polar surface area (TPSA) is 41.1 Å². The maximum absolute atomic E-state index is 11.7. The highest BCUT2D eigenvalue weighted by molar-refractivity contribution is 9.10. The summed E-state index contributed by atoms with van der Waals surface area (Å²) in [6.45, 7) is 2.80. The van der Waals surface area contributed by atoms with Crippen molar-refractivity contribution in [2.45, 2.75) is 19.0 Å². The molecule has 0 bridgehead atoms. The van der Waals surface area contributed by atoms with Crippen molar-refractivity contribution < 1.29 is 4.79 Å². The Bertz CT molecular complexity index is 363. The minimum atomic E-state index is -0.214. The zero-order valence-corrected chi connectivity index (χ0v) is 10.0. The predicted molar refractivity (Wildman–Crippen MR) is 62.5 cm³/mol. The van der Waals surface area contributed by atoms with Crippen LogP contribution in [0.2, 0.25) is 0 Å². The van der Waals surface area contributed by atoms with Gasteiger partial charge >= 0.3 is 0 Å². The fraction of sp³-hybridized carbons (Fsp3) is 0.364. The number of benzene rings is 1. The van der Waals surface area contributed by atoms with Crippen molar-refractivity contribution in [3.63, 3.8) is 0 Å². The molecule has 0 saturated carbocycles. The van der Waals surface area contributed by atoms with Crippen LogP contribution < -0.4 is 10.6 Å². The normalized spacial score (nSPS) is 26.1. The van der Waals surface area contributed by atoms with E-state index in [2.05, 4.69) is 26.6 Å². The largest absolute Gasteiger partial charge is 0.351 e.